The minimum absolute atomic E-state index is 0.0131. The third kappa shape index (κ3) is 5.97. The number of amides is 1. The van der Waals surface area contributed by atoms with Gasteiger partial charge >= 0.3 is 0 Å². The minimum Gasteiger partial charge on any atom is -0.326 e. The number of azo groups is 1. The van der Waals surface area contributed by atoms with E-state index in [2.05, 4.69) is 15.5 Å². The molecule has 1 fully saturated rings. The Labute approximate surface area is 165 Å². The molecule has 1 aliphatic heterocycles. The van der Waals surface area contributed by atoms with Crippen molar-refractivity contribution in [1.82, 2.24) is 4.31 Å². The van der Waals surface area contributed by atoms with Crippen molar-refractivity contribution in [2.45, 2.75) is 25.7 Å². The zero-order valence-corrected chi connectivity index (χ0v) is 16.4. The predicted molar refractivity (Wildman–Crippen MR) is 110 cm³/mol. The number of benzene rings is 2. The maximum Gasteiger partial charge on any atom is 0.224 e. The molecule has 1 saturated heterocycles. The molecule has 1 amide bonds. The van der Waals surface area contributed by atoms with E-state index in [1.165, 1.54) is 4.31 Å². The van der Waals surface area contributed by atoms with Crippen LogP contribution in [0.5, 0.6) is 0 Å². The first-order chi connectivity index (χ1) is 13.5. The summed E-state index contributed by atoms with van der Waals surface area (Å²) in [5.41, 5.74) is 2.09. The van der Waals surface area contributed by atoms with Gasteiger partial charge in [-0.25, -0.2) is 12.7 Å². The Bertz CT molecular complexity index is 906. The van der Waals surface area contributed by atoms with Crippen LogP contribution in [0, 0.1) is 0 Å². The summed E-state index contributed by atoms with van der Waals surface area (Å²) in [5, 5.41) is 11.1. The van der Waals surface area contributed by atoms with Gasteiger partial charge in [0, 0.05) is 25.2 Å². The Morgan fingerprint density at radius 2 is 1.54 bits per heavy atom. The van der Waals surface area contributed by atoms with Crippen LogP contribution >= 0.6 is 0 Å². The Hall–Kier alpha value is -2.58. The van der Waals surface area contributed by atoms with Crippen LogP contribution in [0.4, 0.5) is 17.1 Å². The second-order valence-electron chi connectivity index (χ2n) is 6.66. The molecule has 148 valence electrons. The van der Waals surface area contributed by atoms with Gasteiger partial charge in [-0.1, -0.05) is 18.2 Å². The molecule has 1 N–H and O–H groups in total. The highest BCUT2D eigenvalue weighted by Crippen LogP contribution is 2.20. The summed E-state index contributed by atoms with van der Waals surface area (Å²) in [6, 6.07) is 16.4. The van der Waals surface area contributed by atoms with Gasteiger partial charge in [0.2, 0.25) is 15.9 Å². The zero-order valence-electron chi connectivity index (χ0n) is 15.6. The number of nitrogens with zero attached hydrogens (tertiary/aromatic N) is 3. The molecule has 28 heavy (non-hydrogen) atoms. The Balaban J connectivity index is 1.44. The average Bonchev–Trinajstić information content (AvgIpc) is 3.24. The van der Waals surface area contributed by atoms with Gasteiger partial charge in [0.15, 0.2) is 0 Å². The fourth-order valence-electron chi connectivity index (χ4n) is 2.96. The van der Waals surface area contributed by atoms with Crippen molar-refractivity contribution in [3.05, 3.63) is 54.6 Å². The standard InChI is InChI=1S/C20H24N4O3S/c25-20(9-6-16-28(26,27)24-14-4-5-15-24)21-17-10-12-19(13-11-17)23-22-18-7-2-1-3-8-18/h1-3,7-8,10-13H,4-6,9,14-16H2,(H,21,25). The summed E-state index contributed by atoms with van der Waals surface area (Å²) in [7, 11) is -3.23. The lowest BCUT2D eigenvalue weighted by atomic mass is 10.2. The number of carbonyl (C=O) groups excluding carboxylic acids is 1. The van der Waals surface area contributed by atoms with E-state index in [4.69, 9.17) is 0 Å². The van der Waals surface area contributed by atoms with E-state index in [9.17, 15) is 13.2 Å². The summed E-state index contributed by atoms with van der Waals surface area (Å²) in [6.45, 7) is 1.20. The largest absolute Gasteiger partial charge is 0.326 e. The van der Waals surface area contributed by atoms with Crippen LogP contribution in [0.1, 0.15) is 25.7 Å². The highest BCUT2D eigenvalue weighted by Gasteiger charge is 2.24. The van der Waals surface area contributed by atoms with E-state index in [1.54, 1.807) is 24.3 Å². The van der Waals surface area contributed by atoms with Gasteiger partial charge in [0.25, 0.3) is 0 Å². The van der Waals surface area contributed by atoms with E-state index in [-0.39, 0.29) is 18.1 Å². The molecule has 8 heteroatoms. The number of carbonyl (C=O) groups is 1. The lowest BCUT2D eigenvalue weighted by molar-refractivity contribution is -0.116. The van der Waals surface area contributed by atoms with Crippen LogP contribution in [0.3, 0.4) is 0 Å². The van der Waals surface area contributed by atoms with Crippen LogP contribution in [0.25, 0.3) is 0 Å². The lowest BCUT2D eigenvalue weighted by Gasteiger charge is -2.15. The van der Waals surface area contributed by atoms with E-state index >= 15 is 0 Å². The van der Waals surface area contributed by atoms with Crippen molar-refractivity contribution < 1.29 is 13.2 Å². The normalized spacial score (nSPS) is 15.1. The van der Waals surface area contributed by atoms with Crippen molar-refractivity contribution in [1.29, 1.82) is 0 Å². The molecule has 0 spiro atoms. The molecule has 7 nitrogen and oxygen atoms in total. The molecule has 0 atom stereocenters. The summed E-state index contributed by atoms with van der Waals surface area (Å²) < 4.78 is 25.8. The molecule has 3 rings (SSSR count). The van der Waals surface area contributed by atoms with Gasteiger partial charge in [-0.05, 0) is 55.7 Å². The third-order valence-corrected chi connectivity index (χ3v) is 6.41. The number of hydrogen-bond donors (Lipinski definition) is 1. The van der Waals surface area contributed by atoms with Crippen LogP contribution in [-0.4, -0.2) is 37.5 Å². The van der Waals surface area contributed by atoms with Gasteiger partial charge in [0.1, 0.15) is 0 Å². The third-order valence-electron chi connectivity index (χ3n) is 4.45. The monoisotopic (exact) mass is 400 g/mol. The first kappa shape index (κ1) is 20.2. The molecule has 0 saturated carbocycles. The molecule has 0 aromatic heterocycles. The number of anilines is 1. The molecule has 0 radical (unpaired) electrons. The summed E-state index contributed by atoms with van der Waals surface area (Å²) in [4.78, 5) is 12.1. The number of sulfonamides is 1. The molecule has 1 aliphatic rings. The van der Waals surface area contributed by atoms with Crippen molar-refractivity contribution >= 4 is 33.0 Å². The fourth-order valence-corrected chi connectivity index (χ4v) is 4.54. The van der Waals surface area contributed by atoms with Crippen molar-refractivity contribution in [2.24, 2.45) is 10.2 Å². The molecular formula is C20H24N4O3S. The van der Waals surface area contributed by atoms with Gasteiger partial charge in [-0.2, -0.15) is 10.2 Å². The van der Waals surface area contributed by atoms with Crippen LogP contribution in [-0.2, 0) is 14.8 Å². The second-order valence-corrected chi connectivity index (χ2v) is 8.74. The molecular weight excluding hydrogens is 376 g/mol. The molecule has 0 unspecified atom stereocenters. The maximum absolute atomic E-state index is 12.1. The summed E-state index contributed by atoms with van der Waals surface area (Å²) in [6.07, 6.45) is 2.32. The van der Waals surface area contributed by atoms with Gasteiger partial charge in [0.05, 0.1) is 17.1 Å². The van der Waals surface area contributed by atoms with Gasteiger partial charge in [-0.3, -0.25) is 4.79 Å². The average molecular weight is 401 g/mol. The topological polar surface area (TPSA) is 91.2 Å². The smallest absolute Gasteiger partial charge is 0.224 e. The highest BCUT2D eigenvalue weighted by molar-refractivity contribution is 7.89. The predicted octanol–water partition coefficient (Wildman–Crippen LogP) is 4.25. The Kier molecular flexibility index (Phi) is 6.89. The van der Waals surface area contributed by atoms with Crippen molar-refractivity contribution in [3.63, 3.8) is 0 Å². The molecule has 2 aromatic carbocycles. The van der Waals surface area contributed by atoms with E-state index < -0.39 is 10.0 Å². The Morgan fingerprint density at radius 3 is 2.18 bits per heavy atom. The zero-order chi connectivity index (χ0) is 19.8. The summed E-state index contributed by atoms with van der Waals surface area (Å²) in [5.74, 6) is -0.186. The first-order valence-electron chi connectivity index (χ1n) is 9.37. The van der Waals surface area contributed by atoms with Crippen molar-refractivity contribution in [3.8, 4) is 0 Å². The summed E-state index contributed by atoms with van der Waals surface area (Å²) >= 11 is 0. The lowest BCUT2D eigenvalue weighted by Crippen LogP contribution is -2.30. The van der Waals surface area contributed by atoms with Crippen LogP contribution in [0.15, 0.2) is 64.8 Å². The number of rotatable bonds is 8. The van der Waals surface area contributed by atoms with Gasteiger partial charge in [-0.15, -0.1) is 0 Å². The molecule has 0 aliphatic carbocycles. The van der Waals surface area contributed by atoms with Crippen LogP contribution in [0.2, 0.25) is 0 Å². The SMILES string of the molecule is O=C(CCCS(=O)(=O)N1CCCC1)Nc1ccc(N=Nc2ccccc2)cc1. The minimum atomic E-state index is -3.23. The van der Waals surface area contributed by atoms with Crippen LogP contribution < -0.4 is 5.32 Å². The van der Waals surface area contributed by atoms with Crippen molar-refractivity contribution in [2.75, 3.05) is 24.2 Å². The maximum atomic E-state index is 12.1. The number of nitrogens with one attached hydrogen (secondary N) is 1. The molecule has 0 bridgehead atoms. The molecule has 2 aromatic rings. The fraction of sp³-hybridized carbons (Fsp3) is 0.350. The second kappa shape index (κ2) is 9.57. The highest BCUT2D eigenvalue weighted by atomic mass is 32.2. The quantitative estimate of drug-likeness (QED) is 0.672. The number of hydrogen-bond acceptors (Lipinski definition) is 5. The van der Waals surface area contributed by atoms with Gasteiger partial charge < -0.3 is 5.32 Å². The first-order valence-corrected chi connectivity index (χ1v) is 11.0. The van der Waals surface area contributed by atoms with E-state index in [0.29, 0.717) is 30.9 Å². The Morgan fingerprint density at radius 1 is 0.929 bits per heavy atom. The van der Waals surface area contributed by atoms with E-state index in [1.807, 2.05) is 30.3 Å². The molecule has 1 heterocycles. The van der Waals surface area contributed by atoms with E-state index in [0.717, 1.165) is 18.5 Å².